The predicted molar refractivity (Wildman–Crippen MR) is 93.7 cm³/mol. The average molecular weight is 340 g/mol. The standard InChI is InChI=1S/C17H29N3O2S/c1-16(2,3)14-20-13(11-23-14)10-18-15(21)19-12-17(22)8-6-4-5-7-9-17/h11,22H,4-10,12H2,1-3H3,(H2,18,19,21). The number of urea groups is 1. The highest BCUT2D eigenvalue weighted by Gasteiger charge is 2.28. The van der Waals surface area contributed by atoms with Crippen molar-refractivity contribution in [2.24, 2.45) is 0 Å². The predicted octanol–water partition coefficient (Wildman–Crippen LogP) is 3.33. The number of aromatic nitrogens is 1. The van der Waals surface area contributed by atoms with Crippen LogP contribution in [0.3, 0.4) is 0 Å². The molecule has 0 aromatic carbocycles. The van der Waals surface area contributed by atoms with Crippen molar-refractivity contribution in [1.82, 2.24) is 15.6 Å². The van der Waals surface area contributed by atoms with E-state index in [1.165, 1.54) is 12.8 Å². The van der Waals surface area contributed by atoms with Gasteiger partial charge in [0.1, 0.15) is 0 Å². The topological polar surface area (TPSA) is 74.2 Å². The van der Waals surface area contributed by atoms with Gasteiger partial charge in [-0.05, 0) is 12.8 Å². The highest BCUT2D eigenvalue weighted by Crippen LogP contribution is 2.26. The second-order valence-electron chi connectivity index (χ2n) is 7.57. The minimum Gasteiger partial charge on any atom is -0.388 e. The van der Waals surface area contributed by atoms with Crippen LogP contribution >= 0.6 is 11.3 Å². The molecule has 2 rings (SSSR count). The molecule has 6 heteroatoms. The van der Waals surface area contributed by atoms with Gasteiger partial charge in [0.05, 0.1) is 22.8 Å². The van der Waals surface area contributed by atoms with Crippen molar-refractivity contribution in [2.75, 3.05) is 6.54 Å². The van der Waals surface area contributed by atoms with Crippen LogP contribution in [0, 0.1) is 0 Å². The summed E-state index contributed by atoms with van der Waals surface area (Å²) >= 11 is 1.62. The number of hydrogen-bond acceptors (Lipinski definition) is 4. The van der Waals surface area contributed by atoms with Crippen molar-refractivity contribution in [1.29, 1.82) is 0 Å². The van der Waals surface area contributed by atoms with E-state index < -0.39 is 5.60 Å². The van der Waals surface area contributed by atoms with Crippen LogP contribution < -0.4 is 10.6 Å². The molecule has 0 bridgehead atoms. The third-order valence-corrected chi connectivity index (χ3v) is 5.55. The van der Waals surface area contributed by atoms with E-state index in [2.05, 4.69) is 36.4 Å². The van der Waals surface area contributed by atoms with Gasteiger partial charge >= 0.3 is 6.03 Å². The summed E-state index contributed by atoms with van der Waals surface area (Å²) in [4.78, 5) is 16.5. The number of rotatable bonds is 4. The second-order valence-corrected chi connectivity index (χ2v) is 8.43. The number of aliphatic hydroxyl groups is 1. The van der Waals surface area contributed by atoms with Gasteiger partial charge in [-0.25, -0.2) is 9.78 Å². The molecule has 23 heavy (non-hydrogen) atoms. The Morgan fingerprint density at radius 3 is 2.48 bits per heavy atom. The zero-order valence-electron chi connectivity index (χ0n) is 14.4. The van der Waals surface area contributed by atoms with Gasteiger partial charge in [-0.1, -0.05) is 46.5 Å². The quantitative estimate of drug-likeness (QED) is 0.737. The van der Waals surface area contributed by atoms with Gasteiger partial charge in [-0.3, -0.25) is 0 Å². The fourth-order valence-corrected chi connectivity index (χ4v) is 3.68. The van der Waals surface area contributed by atoms with Gasteiger partial charge in [0.25, 0.3) is 0 Å². The fourth-order valence-electron chi connectivity index (χ4n) is 2.77. The molecule has 130 valence electrons. The molecule has 0 unspecified atom stereocenters. The number of carbonyl (C=O) groups excluding carboxylic acids is 1. The molecule has 1 fully saturated rings. The molecule has 0 atom stereocenters. The normalized spacial score (nSPS) is 18.3. The maximum absolute atomic E-state index is 11.9. The summed E-state index contributed by atoms with van der Waals surface area (Å²) in [7, 11) is 0. The number of hydrogen-bond donors (Lipinski definition) is 3. The molecule has 1 heterocycles. The number of nitrogens with one attached hydrogen (secondary N) is 2. The Hall–Kier alpha value is -1.14. The van der Waals surface area contributed by atoms with Crippen molar-refractivity contribution in [3.05, 3.63) is 16.1 Å². The molecule has 1 aliphatic carbocycles. The Bertz CT molecular complexity index is 514. The first-order chi connectivity index (χ1) is 10.8. The van der Waals surface area contributed by atoms with E-state index in [-0.39, 0.29) is 11.4 Å². The number of amides is 2. The zero-order chi connectivity index (χ0) is 16.9. The van der Waals surface area contributed by atoms with Crippen LogP contribution in [0.5, 0.6) is 0 Å². The van der Waals surface area contributed by atoms with Crippen LogP contribution in [-0.2, 0) is 12.0 Å². The molecule has 1 aromatic rings. The van der Waals surface area contributed by atoms with Crippen LogP contribution in [0.25, 0.3) is 0 Å². The third kappa shape index (κ3) is 5.77. The molecule has 5 nitrogen and oxygen atoms in total. The lowest BCUT2D eigenvalue weighted by Gasteiger charge is -2.26. The molecule has 0 aliphatic heterocycles. The lowest BCUT2D eigenvalue weighted by molar-refractivity contribution is 0.0276. The van der Waals surface area contributed by atoms with Gasteiger partial charge in [0.2, 0.25) is 0 Å². The van der Waals surface area contributed by atoms with Crippen molar-refractivity contribution in [3.8, 4) is 0 Å². The van der Waals surface area contributed by atoms with E-state index in [1.54, 1.807) is 11.3 Å². The first-order valence-corrected chi connectivity index (χ1v) is 9.35. The Morgan fingerprint density at radius 1 is 1.26 bits per heavy atom. The zero-order valence-corrected chi connectivity index (χ0v) is 15.3. The number of thiazole rings is 1. The lowest BCUT2D eigenvalue weighted by Crippen LogP contribution is -2.46. The molecule has 0 spiro atoms. The molecule has 2 amide bonds. The molecule has 1 aromatic heterocycles. The minimum atomic E-state index is -0.742. The monoisotopic (exact) mass is 339 g/mol. The first-order valence-electron chi connectivity index (χ1n) is 8.47. The Morgan fingerprint density at radius 2 is 1.91 bits per heavy atom. The lowest BCUT2D eigenvalue weighted by atomic mass is 9.95. The van der Waals surface area contributed by atoms with Gasteiger partial charge in [-0.2, -0.15) is 0 Å². The van der Waals surface area contributed by atoms with Crippen LogP contribution in [0.2, 0.25) is 0 Å². The van der Waals surface area contributed by atoms with Gasteiger partial charge in [-0.15, -0.1) is 11.3 Å². The van der Waals surface area contributed by atoms with Gasteiger partial charge in [0.15, 0.2) is 0 Å². The average Bonchev–Trinajstić information content (AvgIpc) is 2.86. The Kier molecular flexibility index (Phi) is 6.03. The summed E-state index contributed by atoms with van der Waals surface area (Å²) in [6.07, 6.45) is 5.97. The SMILES string of the molecule is CC(C)(C)c1nc(CNC(=O)NCC2(O)CCCCCC2)cs1. The van der Waals surface area contributed by atoms with Crippen molar-refractivity contribution in [3.63, 3.8) is 0 Å². The van der Waals surface area contributed by atoms with Crippen molar-refractivity contribution < 1.29 is 9.90 Å². The van der Waals surface area contributed by atoms with E-state index in [9.17, 15) is 9.90 Å². The maximum atomic E-state index is 11.9. The van der Waals surface area contributed by atoms with Gasteiger partial charge in [0, 0.05) is 17.3 Å². The molecule has 3 N–H and O–H groups in total. The van der Waals surface area contributed by atoms with Crippen LogP contribution in [0.4, 0.5) is 4.79 Å². The maximum Gasteiger partial charge on any atom is 0.315 e. The summed E-state index contributed by atoms with van der Waals surface area (Å²) in [6.45, 7) is 7.12. The van der Waals surface area contributed by atoms with E-state index in [0.29, 0.717) is 13.1 Å². The van der Waals surface area contributed by atoms with Crippen molar-refractivity contribution in [2.45, 2.75) is 76.9 Å². The summed E-state index contributed by atoms with van der Waals surface area (Å²) < 4.78 is 0. The molecule has 0 saturated heterocycles. The summed E-state index contributed by atoms with van der Waals surface area (Å²) in [5.41, 5.74) is 0.171. The minimum absolute atomic E-state index is 0.0357. The van der Waals surface area contributed by atoms with Gasteiger partial charge < -0.3 is 15.7 Å². The molecule has 0 radical (unpaired) electrons. The molecular weight excluding hydrogens is 310 g/mol. The van der Waals surface area contributed by atoms with E-state index in [4.69, 9.17) is 0 Å². The van der Waals surface area contributed by atoms with Crippen LogP contribution in [0.1, 0.15) is 70.0 Å². The van der Waals surface area contributed by atoms with Crippen molar-refractivity contribution >= 4 is 17.4 Å². The smallest absolute Gasteiger partial charge is 0.315 e. The molecule has 1 aliphatic rings. The Balaban J connectivity index is 1.75. The third-order valence-electron chi connectivity index (χ3n) is 4.24. The van der Waals surface area contributed by atoms with E-state index in [1.807, 2.05) is 5.38 Å². The molecule has 1 saturated carbocycles. The largest absolute Gasteiger partial charge is 0.388 e. The Labute approximate surface area is 142 Å². The highest BCUT2D eigenvalue weighted by molar-refractivity contribution is 7.09. The van der Waals surface area contributed by atoms with E-state index >= 15 is 0 Å². The fraction of sp³-hybridized carbons (Fsp3) is 0.765. The summed E-state index contributed by atoms with van der Waals surface area (Å²) in [5, 5.41) is 19.2. The molecular formula is C17H29N3O2S. The van der Waals surface area contributed by atoms with Crippen LogP contribution in [-0.4, -0.2) is 28.3 Å². The van der Waals surface area contributed by atoms with Crippen LogP contribution in [0.15, 0.2) is 5.38 Å². The number of carbonyl (C=O) groups is 1. The summed E-state index contributed by atoms with van der Waals surface area (Å²) in [6, 6.07) is -0.243. The second kappa shape index (κ2) is 7.62. The highest BCUT2D eigenvalue weighted by atomic mass is 32.1. The first kappa shape index (κ1) is 18.2. The summed E-state index contributed by atoms with van der Waals surface area (Å²) in [5.74, 6) is 0. The number of nitrogens with zero attached hydrogens (tertiary/aromatic N) is 1. The van der Waals surface area contributed by atoms with E-state index in [0.717, 1.165) is 36.4 Å².